The van der Waals surface area contributed by atoms with E-state index in [9.17, 15) is 19.2 Å². The van der Waals surface area contributed by atoms with Gasteiger partial charge in [0.1, 0.15) is 28.6 Å². The fraction of sp³-hybridized carbons (Fsp3) is 0.667. The Kier molecular flexibility index (Phi) is 13.1. The maximum absolute atomic E-state index is 13.3. The molecule has 0 aliphatic heterocycles. The van der Waals surface area contributed by atoms with Crippen molar-refractivity contribution in [2.45, 2.75) is 111 Å². The van der Waals surface area contributed by atoms with E-state index < -0.39 is 46.8 Å². The summed E-state index contributed by atoms with van der Waals surface area (Å²) in [5, 5.41) is 2.69. The third kappa shape index (κ3) is 16.1. The van der Waals surface area contributed by atoms with Crippen molar-refractivity contribution in [1.82, 2.24) is 10.2 Å². The SMILES string of the molecule is Cc1ccc(OC(=O)NCCCCC(C(=O)OC(C)(C)C)N(CC(=O)OC(C)(C)C)CC(=O)OC(C)(C)C)cc1. The molecule has 0 saturated heterocycles. The molecule has 0 heterocycles. The Balaban J connectivity index is 2.94. The van der Waals surface area contributed by atoms with Gasteiger partial charge in [-0.3, -0.25) is 19.3 Å². The highest BCUT2D eigenvalue weighted by Gasteiger charge is 2.34. The Hall–Kier alpha value is -3.14. The Morgan fingerprint density at radius 3 is 1.68 bits per heavy atom. The lowest BCUT2D eigenvalue weighted by Crippen LogP contribution is -2.50. The Morgan fingerprint density at radius 2 is 1.23 bits per heavy atom. The summed E-state index contributed by atoms with van der Waals surface area (Å²) in [5.41, 5.74) is -1.20. The van der Waals surface area contributed by atoms with Crippen LogP contribution in [0.25, 0.3) is 0 Å². The lowest BCUT2D eigenvalue weighted by Gasteiger charge is -2.33. The average molecular weight is 565 g/mol. The molecule has 226 valence electrons. The second kappa shape index (κ2) is 15.0. The number of aryl methyl sites for hydroxylation is 1. The van der Waals surface area contributed by atoms with Gasteiger partial charge in [-0.2, -0.15) is 0 Å². The molecule has 10 nitrogen and oxygen atoms in total. The Morgan fingerprint density at radius 1 is 0.750 bits per heavy atom. The molecule has 10 heteroatoms. The van der Waals surface area contributed by atoms with Crippen molar-refractivity contribution in [3.63, 3.8) is 0 Å². The maximum atomic E-state index is 13.3. The van der Waals surface area contributed by atoms with Crippen LogP contribution in [0.15, 0.2) is 24.3 Å². The van der Waals surface area contributed by atoms with Gasteiger partial charge in [0.05, 0.1) is 13.1 Å². The first-order valence-corrected chi connectivity index (χ1v) is 13.7. The second-order valence-corrected chi connectivity index (χ2v) is 12.8. The summed E-state index contributed by atoms with van der Waals surface area (Å²) in [5.74, 6) is -1.28. The van der Waals surface area contributed by atoms with Crippen molar-refractivity contribution in [3.8, 4) is 5.75 Å². The number of ether oxygens (including phenoxy) is 4. The number of nitrogens with one attached hydrogen (secondary N) is 1. The number of benzene rings is 1. The summed E-state index contributed by atoms with van der Waals surface area (Å²) in [6.45, 7) is 17.3. The van der Waals surface area contributed by atoms with Crippen LogP contribution in [-0.2, 0) is 28.6 Å². The average Bonchev–Trinajstić information content (AvgIpc) is 2.73. The molecule has 0 bridgehead atoms. The molecule has 1 unspecified atom stereocenters. The summed E-state index contributed by atoms with van der Waals surface area (Å²) in [6.07, 6.45) is 0.710. The predicted molar refractivity (Wildman–Crippen MR) is 152 cm³/mol. The number of carbonyl (C=O) groups is 4. The molecule has 1 aromatic rings. The van der Waals surface area contributed by atoms with E-state index in [2.05, 4.69) is 5.32 Å². The van der Waals surface area contributed by atoms with Crippen LogP contribution in [-0.4, -0.2) is 71.4 Å². The van der Waals surface area contributed by atoms with E-state index in [0.717, 1.165) is 5.56 Å². The number of rotatable bonds is 12. The van der Waals surface area contributed by atoms with E-state index in [1.54, 1.807) is 74.4 Å². The zero-order chi connectivity index (χ0) is 30.7. The lowest BCUT2D eigenvalue weighted by molar-refractivity contribution is -0.168. The van der Waals surface area contributed by atoms with E-state index in [4.69, 9.17) is 18.9 Å². The van der Waals surface area contributed by atoms with Gasteiger partial charge in [0, 0.05) is 6.54 Å². The molecular weight excluding hydrogens is 516 g/mol. The van der Waals surface area contributed by atoms with Crippen molar-refractivity contribution in [2.75, 3.05) is 19.6 Å². The molecular formula is C30H48N2O8. The zero-order valence-corrected chi connectivity index (χ0v) is 25.8. The van der Waals surface area contributed by atoms with Crippen molar-refractivity contribution in [3.05, 3.63) is 29.8 Å². The number of hydrogen-bond acceptors (Lipinski definition) is 9. The first-order chi connectivity index (χ1) is 18.2. The Labute approximate surface area is 239 Å². The molecule has 40 heavy (non-hydrogen) atoms. The van der Waals surface area contributed by atoms with Gasteiger partial charge in [-0.25, -0.2) is 4.79 Å². The topological polar surface area (TPSA) is 120 Å². The fourth-order valence-electron chi connectivity index (χ4n) is 3.58. The molecule has 1 aromatic carbocycles. The summed E-state index contributed by atoms with van der Waals surface area (Å²) in [7, 11) is 0. The van der Waals surface area contributed by atoms with Crippen LogP contribution in [0.1, 0.15) is 87.1 Å². The minimum Gasteiger partial charge on any atom is -0.459 e. The minimum atomic E-state index is -0.918. The highest BCUT2D eigenvalue weighted by molar-refractivity contribution is 5.80. The summed E-state index contributed by atoms with van der Waals surface area (Å²) < 4.78 is 21.8. The van der Waals surface area contributed by atoms with Crippen LogP contribution in [0.4, 0.5) is 4.79 Å². The number of esters is 3. The highest BCUT2D eigenvalue weighted by atomic mass is 16.6. The second-order valence-electron chi connectivity index (χ2n) is 12.8. The van der Waals surface area contributed by atoms with Crippen LogP contribution in [0.2, 0.25) is 0 Å². The normalized spacial score (nSPS) is 12.9. The molecule has 0 radical (unpaired) electrons. The molecule has 0 aromatic heterocycles. The third-order valence-corrected chi connectivity index (χ3v) is 5.03. The monoisotopic (exact) mass is 564 g/mol. The molecule has 0 spiro atoms. The van der Waals surface area contributed by atoms with E-state index in [1.807, 2.05) is 19.1 Å². The molecule has 1 rings (SSSR count). The summed E-state index contributed by atoms with van der Waals surface area (Å²) in [6, 6.07) is 6.20. The highest BCUT2D eigenvalue weighted by Crippen LogP contribution is 2.18. The van der Waals surface area contributed by atoms with Gasteiger partial charge in [-0.15, -0.1) is 0 Å². The van der Waals surface area contributed by atoms with Crippen molar-refractivity contribution < 1.29 is 38.1 Å². The Bertz CT molecular complexity index is 955. The number of amides is 1. The molecule has 0 aliphatic carbocycles. The van der Waals surface area contributed by atoms with Crippen LogP contribution in [0.5, 0.6) is 5.75 Å². The van der Waals surface area contributed by atoms with E-state index >= 15 is 0 Å². The molecule has 1 atom stereocenters. The first kappa shape index (κ1) is 34.9. The fourth-order valence-corrected chi connectivity index (χ4v) is 3.58. The quantitative estimate of drug-likeness (QED) is 0.214. The lowest BCUT2D eigenvalue weighted by atomic mass is 10.1. The largest absolute Gasteiger partial charge is 0.459 e. The molecule has 0 aliphatic rings. The molecule has 1 N–H and O–H groups in total. The van der Waals surface area contributed by atoms with E-state index in [-0.39, 0.29) is 19.5 Å². The van der Waals surface area contributed by atoms with E-state index in [0.29, 0.717) is 25.1 Å². The standard InChI is InChI=1S/C30H48N2O8/c1-21-14-16-22(17-15-21)37-27(36)31-18-12-11-13-23(26(35)40-30(8,9)10)32(19-24(33)38-28(2,3)4)20-25(34)39-29(5,6)7/h14-17,23H,11-13,18-20H2,1-10H3,(H,31,36). The van der Waals surface area contributed by atoms with Crippen LogP contribution in [0.3, 0.4) is 0 Å². The number of carbonyl (C=O) groups excluding carboxylic acids is 4. The summed E-state index contributed by atoms with van der Waals surface area (Å²) in [4.78, 5) is 52.3. The molecule has 0 saturated carbocycles. The van der Waals surface area contributed by atoms with Crippen molar-refractivity contribution in [2.24, 2.45) is 0 Å². The third-order valence-electron chi connectivity index (χ3n) is 5.03. The van der Waals surface area contributed by atoms with Gasteiger partial charge >= 0.3 is 24.0 Å². The summed E-state index contributed by atoms with van der Waals surface area (Å²) >= 11 is 0. The van der Waals surface area contributed by atoms with Crippen molar-refractivity contribution in [1.29, 1.82) is 0 Å². The van der Waals surface area contributed by atoms with E-state index in [1.165, 1.54) is 4.90 Å². The molecule has 0 fully saturated rings. The van der Waals surface area contributed by atoms with Crippen molar-refractivity contribution >= 4 is 24.0 Å². The van der Waals surface area contributed by atoms with Crippen LogP contribution < -0.4 is 10.1 Å². The zero-order valence-electron chi connectivity index (χ0n) is 25.8. The number of unbranched alkanes of at least 4 members (excludes halogenated alkanes) is 1. The number of nitrogens with zero attached hydrogens (tertiary/aromatic N) is 1. The number of hydrogen-bond donors (Lipinski definition) is 1. The first-order valence-electron chi connectivity index (χ1n) is 13.7. The minimum absolute atomic E-state index is 0.273. The van der Waals surface area contributed by atoms with Gasteiger partial charge in [0.25, 0.3) is 0 Å². The predicted octanol–water partition coefficient (Wildman–Crippen LogP) is 4.95. The van der Waals surface area contributed by atoms with Gasteiger partial charge in [0.15, 0.2) is 0 Å². The van der Waals surface area contributed by atoms with Gasteiger partial charge in [-0.05, 0) is 101 Å². The molecule has 1 amide bonds. The van der Waals surface area contributed by atoms with Gasteiger partial charge < -0.3 is 24.3 Å². The van der Waals surface area contributed by atoms with Crippen LogP contribution >= 0.6 is 0 Å². The van der Waals surface area contributed by atoms with Crippen LogP contribution in [0, 0.1) is 6.92 Å². The maximum Gasteiger partial charge on any atom is 0.412 e. The van der Waals surface area contributed by atoms with Gasteiger partial charge in [-0.1, -0.05) is 17.7 Å². The van der Waals surface area contributed by atoms with Gasteiger partial charge in [0.2, 0.25) is 0 Å². The smallest absolute Gasteiger partial charge is 0.412 e.